The van der Waals surface area contributed by atoms with Gasteiger partial charge in [-0.3, -0.25) is 9.67 Å². The molecule has 2 rings (SSSR count). The van der Waals surface area contributed by atoms with Crippen molar-refractivity contribution >= 4 is 11.7 Å². The van der Waals surface area contributed by atoms with Gasteiger partial charge in [-0.2, -0.15) is 5.10 Å². The minimum absolute atomic E-state index is 0.400. The molecule has 2 heterocycles. The van der Waals surface area contributed by atoms with Gasteiger partial charge in [0, 0.05) is 13.2 Å². The Kier molecular flexibility index (Phi) is 2.78. The summed E-state index contributed by atoms with van der Waals surface area (Å²) in [6, 6.07) is 3.35. The average molecular weight is 232 g/mol. The van der Waals surface area contributed by atoms with Gasteiger partial charge in [-0.25, -0.2) is 4.79 Å². The van der Waals surface area contributed by atoms with E-state index in [2.05, 4.69) is 14.8 Å². The van der Waals surface area contributed by atoms with E-state index in [0.717, 1.165) is 5.69 Å². The number of nitrogen functional groups attached to an aromatic ring is 1. The highest BCUT2D eigenvalue weighted by Crippen LogP contribution is 2.22. The van der Waals surface area contributed by atoms with Crippen molar-refractivity contribution < 1.29 is 9.53 Å². The molecule has 0 aliphatic carbocycles. The molecule has 0 fully saturated rings. The van der Waals surface area contributed by atoms with Gasteiger partial charge < -0.3 is 10.5 Å². The lowest BCUT2D eigenvalue weighted by atomic mass is 10.2. The molecule has 0 saturated carbocycles. The van der Waals surface area contributed by atoms with Crippen LogP contribution < -0.4 is 5.73 Å². The fourth-order valence-electron chi connectivity index (χ4n) is 1.54. The zero-order valence-electron chi connectivity index (χ0n) is 9.54. The summed E-state index contributed by atoms with van der Waals surface area (Å²) in [5, 5.41) is 4.03. The van der Waals surface area contributed by atoms with Gasteiger partial charge >= 0.3 is 5.97 Å². The Labute approximate surface area is 98.0 Å². The van der Waals surface area contributed by atoms with E-state index in [1.807, 2.05) is 0 Å². The third-order valence-electron chi connectivity index (χ3n) is 2.39. The highest BCUT2D eigenvalue weighted by Gasteiger charge is 2.11. The second kappa shape index (κ2) is 4.25. The van der Waals surface area contributed by atoms with E-state index < -0.39 is 5.97 Å². The van der Waals surface area contributed by atoms with E-state index in [1.165, 1.54) is 13.3 Å². The fourth-order valence-corrected chi connectivity index (χ4v) is 1.54. The van der Waals surface area contributed by atoms with E-state index in [-0.39, 0.29) is 0 Å². The molecule has 0 radical (unpaired) electrons. The predicted molar refractivity (Wildman–Crippen MR) is 62.2 cm³/mol. The molecule has 6 nitrogen and oxygen atoms in total. The Hall–Kier alpha value is -2.37. The van der Waals surface area contributed by atoms with Crippen LogP contribution in [0.25, 0.3) is 11.4 Å². The van der Waals surface area contributed by atoms with Crippen LogP contribution in [-0.2, 0) is 11.8 Å². The molecule has 6 heteroatoms. The standard InChI is InChI=1S/C11H12N4O2/c1-15-10(8(12)6-14-15)9-4-3-7(5-13-9)11(16)17-2/h3-6H,12H2,1-2H3. The van der Waals surface area contributed by atoms with Gasteiger partial charge in [-0.15, -0.1) is 0 Å². The van der Waals surface area contributed by atoms with Gasteiger partial charge in [0.2, 0.25) is 0 Å². The SMILES string of the molecule is COC(=O)c1ccc(-c2c(N)cnn2C)nc1. The molecule has 2 aromatic heterocycles. The zero-order valence-corrected chi connectivity index (χ0v) is 9.54. The summed E-state index contributed by atoms with van der Waals surface area (Å²) < 4.78 is 6.23. The van der Waals surface area contributed by atoms with E-state index in [9.17, 15) is 4.79 Å². The minimum Gasteiger partial charge on any atom is -0.465 e. The molecule has 0 aromatic carbocycles. The minimum atomic E-state index is -0.415. The van der Waals surface area contributed by atoms with Crippen molar-refractivity contribution in [2.24, 2.45) is 7.05 Å². The van der Waals surface area contributed by atoms with Crippen molar-refractivity contribution in [3.05, 3.63) is 30.1 Å². The van der Waals surface area contributed by atoms with Crippen LogP contribution in [0, 0.1) is 0 Å². The third kappa shape index (κ3) is 1.96. The maximum absolute atomic E-state index is 11.2. The molecule has 0 unspecified atom stereocenters. The molecule has 0 aliphatic heterocycles. The summed E-state index contributed by atoms with van der Waals surface area (Å²) in [4.78, 5) is 15.4. The number of rotatable bonds is 2. The van der Waals surface area contributed by atoms with Crippen LogP contribution in [0.2, 0.25) is 0 Å². The van der Waals surface area contributed by atoms with Crippen LogP contribution in [0.4, 0.5) is 5.69 Å². The summed E-state index contributed by atoms with van der Waals surface area (Å²) >= 11 is 0. The van der Waals surface area contributed by atoms with Crippen LogP contribution >= 0.6 is 0 Å². The average Bonchev–Trinajstić information content (AvgIpc) is 2.68. The topological polar surface area (TPSA) is 83.0 Å². The predicted octanol–water partition coefficient (Wildman–Crippen LogP) is 0.851. The number of hydrogen-bond donors (Lipinski definition) is 1. The molecule has 0 bridgehead atoms. The first-order valence-corrected chi connectivity index (χ1v) is 4.95. The number of aryl methyl sites for hydroxylation is 1. The van der Waals surface area contributed by atoms with Gasteiger partial charge in [0.25, 0.3) is 0 Å². The summed E-state index contributed by atoms with van der Waals surface area (Å²) in [6.45, 7) is 0. The van der Waals surface area contributed by atoms with Crippen LogP contribution in [0.1, 0.15) is 10.4 Å². The molecule has 0 spiro atoms. The molecule has 2 aromatic rings. The molecule has 88 valence electrons. The normalized spacial score (nSPS) is 10.2. The maximum atomic E-state index is 11.2. The van der Waals surface area contributed by atoms with Crippen molar-refractivity contribution in [1.29, 1.82) is 0 Å². The molecule has 0 atom stereocenters. The van der Waals surface area contributed by atoms with Gasteiger partial charge in [0.15, 0.2) is 0 Å². The van der Waals surface area contributed by atoms with E-state index >= 15 is 0 Å². The Morgan fingerprint density at radius 1 is 1.41 bits per heavy atom. The lowest BCUT2D eigenvalue weighted by Gasteiger charge is -2.04. The summed E-state index contributed by atoms with van der Waals surface area (Å²) in [5.41, 5.74) is 8.12. The zero-order chi connectivity index (χ0) is 12.4. The second-order valence-electron chi connectivity index (χ2n) is 3.50. The van der Waals surface area contributed by atoms with E-state index in [4.69, 9.17) is 5.73 Å². The Balaban J connectivity index is 2.39. The van der Waals surface area contributed by atoms with Crippen LogP contribution in [-0.4, -0.2) is 27.8 Å². The first-order chi connectivity index (χ1) is 8.13. The number of methoxy groups -OCH3 is 1. The number of carbonyl (C=O) groups excluding carboxylic acids is 1. The van der Waals surface area contributed by atoms with Crippen LogP contribution in [0.15, 0.2) is 24.5 Å². The summed E-state index contributed by atoms with van der Waals surface area (Å²) in [5.74, 6) is -0.415. The first-order valence-electron chi connectivity index (χ1n) is 4.95. The third-order valence-corrected chi connectivity index (χ3v) is 2.39. The highest BCUT2D eigenvalue weighted by molar-refractivity contribution is 5.89. The van der Waals surface area contributed by atoms with Crippen LogP contribution in [0.5, 0.6) is 0 Å². The van der Waals surface area contributed by atoms with Gasteiger partial charge in [-0.1, -0.05) is 0 Å². The quantitative estimate of drug-likeness (QED) is 0.776. The Morgan fingerprint density at radius 2 is 2.18 bits per heavy atom. The number of carbonyl (C=O) groups is 1. The number of nitrogens with zero attached hydrogens (tertiary/aromatic N) is 3. The van der Waals surface area contributed by atoms with Crippen molar-refractivity contribution in [2.45, 2.75) is 0 Å². The van der Waals surface area contributed by atoms with Gasteiger partial charge in [-0.05, 0) is 12.1 Å². The van der Waals surface area contributed by atoms with Crippen molar-refractivity contribution in [2.75, 3.05) is 12.8 Å². The molecule has 0 aliphatic rings. The molecule has 2 N–H and O–H groups in total. The maximum Gasteiger partial charge on any atom is 0.339 e. The molecular formula is C11H12N4O2. The van der Waals surface area contributed by atoms with Gasteiger partial charge in [0.1, 0.15) is 5.69 Å². The van der Waals surface area contributed by atoms with Crippen molar-refractivity contribution in [1.82, 2.24) is 14.8 Å². The molecule has 0 saturated heterocycles. The number of anilines is 1. The van der Waals surface area contributed by atoms with Crippen LogP contribution in [0.3, 0.4) is 0 Å². The Morgan fingerprint density at radius 3 is 2.65 bits per heavy atom. The Bertz CT molecular complexity index is 526. The first kappa shape index (κ1) is 11.1. The number of pyridine rings is 1. The number of esters is 1. The summed E-state index contributed by atoms with van der Waals surface area (Å²) in [6.07, 6.45) is 3.01. The number of nitrogens with two attached hydrogens (primary N) is 1. The van der Waals surface area contributed by atoms with E-state index in [0.29, 0.717) is 16.9 Å². The number of aromatic nitrogens is 3. The lowest BCUT2D eigenvalue weighted by molar-refractivity contribution is 0.0600. The molecule has 17 heavy (non-hydrogen) atoms. The van der Waals surface area contributed by atoms with Crippen molar-refractivity contribution in [3.8, 4) is 11.4 Å². The van der Waals surface area contributed by atoms with E-state index in [1.54, 1.807) is 30.1 Å². The summed E-state index contributed by atoms with van der Waals surface area (Å²) in [7, 11) is 3.11. The lowest BCUT2D eigenvalue weighted by Crippen LogP contribution is -2.03. The van der Waals surface area contributed by atoms with Crippen molar-refractivity contribution in [3.63, 3.8) is 0 Å². The number of ether oxygens (including phenoxy) is 1. The fraction of sp³-hybridized carbons (Fsp3) is 0.182. The monoisotopic (exact) mass is 232 g/mol. The van der Waals surface area contributed by atoms with Gasteiger partial charge in [0.05, 0.1) is 30.3 Å². The largest absolute Gasteiger partial charge is 0.465 e. The second-order valence-corrected chi connectivity index (χ2v) is 3.50. The molecule has 0 amide bonds. The highest BCUT2D eigenvalue weighted by atomic mass is 16.5. The smallest absolute Gasteiger partial charge is 0.339 e. The number of hydrogen-bond acceptors (Lipinski definition) is 5. The molecular weight excluding hydrogens is 220 g/mol.